The minimum Gasteiger partial charge on any atom is -0.298 e. The molecule has 0 aromatic carbocycles. The first-order chi connectivity index (χ1) is 4.95. The Labute approximate surface area is 94.7 Å². The van der Waals surface area contributed by atoms with Crippen molar-refractivity contribution < 1.29 is 14.4 Å². The highest BCUT2D eigenvalue weighted by Gasteiger charge is 2.14. The third kappa shape index (κ3) is 12.8. The maximum atomic E-state index is 10.7. The Bertz CT molecular complexity index is 186. The molecule has 0 spiro atoms. The van der Waals surface area contributed by atoms with E-state index in [1.807, 2.05) is 0 Å². The molecule has 0 radical (unpaired) electrons. The van der Waals surface area contributed by atoms with Gasteiger partial charge >= 0.3 is 0 Å². The first-order valence-electron chi connectivity index (χ1n) is 3.23. The molecule has 0 aliphatic carbocycles. The zero-order chi connectivity index (χ0) is 9.02. The number of hydrogen-bond acceptors (Lipinski definition) is 3. The SMILES string of the molecule is C.C.C.C.CC(=O)CN(C(C)=O)C(C)=O. The van der Waals surface area contributed by atoms with E-state index in [0.717, 1.165) is 4.90 Å². The van der Waals surface area contributed by atoms with Crippen LogP contribution in [0.4, 0.5) is 0 Å². The Morgan fingerprint density at radius 2 is 1.07 bits per heavy atom. The molecule has 94 valence electrons. The minimum atomic E-state index is -0.396. The molecule has 0 aliphatic heterocycles. The maximum absolute atomic E-state index is 10.7. The molecule has 0 aromatic heterocycles. The smallest absolute Gasteiger partial charge is 0.226 e. The molecular formula is C11H27NO3. The lowest BCUT2D eigenvalue weighted by atomic mass is 10.4. The van der Waals surface area contributed by atoms with E-state index in [1.54, 1.807) is 0 Å². The minimum absolute atomic E-state index is 0. The molecule has 15 heavy (non-hydrogen) atoms. The van der Waals surface area contributed by atoms with Crippen molar-refractivity contribution in [3.63, 3.8) is 0 Å². The second-order valence-electron chi connectivity index (χ2n) is 2.33. The summed E-state index contributed by atoms with van der Waals surface area (Å²) in [4.78, 5) is 32.8. The maximum Gasteiger partial charge on any atom is 0.226 e. The Morgan fingerprint density at radius 1 is 0.800 bits per heavy atom. The lowest BCUT2D eigenvalue weighted by molar-refractivity contribution is -0.144. The molecular weight excluding hydrogens is 194 g/mol. The van der Waals surface area contributed by atoms with Gasteiger partial charge in [0.15, 0.2) is 0 Å². The summed E-state index contributed by atoms with van der Waals surface area (Å²) in [6, 6.07) is 0. The number of rotatable bonds is 2. The molecule has 0 aliphatic rings. The number of hydrogen-bond donors (Lipinski definition) is 0. The van der Waals surface area contributed by atoms with E-state index in [9.17, 15) is 14.4 Å². The highest BCUT2D eigenvalue weighted by atomic mass is 16.2. The molecule has 0 saturated heterocycles. The van der Waals surface area contributed by atoms with Crippen molar-refractivity contribution in [1.29, 1.82) is 0 Å². The van der Waals surface area contributed by atoms with Gasteiger partial charge in [0, 0.05) is 13.8 Å². The topological polar surface area (TPSA) is 54.5 Å². The standard InChI is InChI=1S/C7H11NO3.4CH4/c1-5(9)4-8(6(2)10)7(3)11;;;;/h4H2,1-3H3;4*1H4. The van der Waals surface area contributed by atoms with Crippen LogP contribution in [0.5, 0.6) is 0 Å². The number of Topliss-reactive ketones (excluding diaryl/α,β-unsaturated/α-hetero) is 1. The molecule has 0 saturated carbocycles. The molecule has 0 heterocycles. The van der Waals surface area contributed by atoms with Crippen LogP contribution < -0.4 is 0 Å². The lowest BCUT2D eigenvalue weighted by Gasteiger charge is -2.14. The van der Waals surface area contributed by atoms with Gasteiger partial charge in [-0.1, -0.05) is 29.7 Å². The van der Waals surface area contributed by atoms with E-state index in [0.29, 0.717) is 0 Å². The van der Waals surface area contributed by atoms with Gasteiger partial charge in [-0.05, 0) is 6.92 Å². The van der Waals surface area contributed by atoms with Gasteiger partial charge in [-0.25, -0.2) is 0 Å². The molecule has 0 aromatic rings. The van der Waals surface area contributed by atoms with Crippen molar-refractivity contribution in [2.75, 3.05) is 6.54 Å². The molecule has 0 atom stereocenters. The van der Waals surface area contributed by atoms with Crippen molar-refractivity contribution in [3.05, 3.63) is 0 Å². The predicted octanol–water partition coefficient (Wildman–Crippen LogP) is 2.51. The average Bonchev–Trinajstić information content (AvgIpc) is 1.81. The second kappa shape index (κ2) is 12.8. The van der Waals surface area contributed by atoms with Crippen LogP contribution in [0.15, 0.2) is 0 Å². The summed E-state index contributed by atoms with van der Waals surface area (Å²) in [5.74, 6) is -0.990. The van der Waals surface area contributed by atoms with Crippen molar-refractivity contribution >= 4 is 17.6 Å². The largest absolute Gasteiger partial charge is 0.298 e. The fourth-order valence-electron chi connectivity index (χ4n) is 0.667. The summed E-state index contributed by atoms with van der Waals surface area (Å²) in [6.07, 6.45) is 0. The van der Waals surface area contributed by atoms with Gasteiger partial charge < -0.3 is 0 Å². The van der Waals surface area contributed by atoms with Crippen molar-refractivity contribution in [1.82, 2.24) is 4.90 Å². The molecule has 0 rings (SSSR count). The van der Waals surface area contributed by atoms with Gasteiger partial charge in [0.25, 0.3) is 0 Å². The van der Waals surface area contributed by atoms with E-state index in [4.69, 9.17) is 0 Å². The van der Waals surface area contributed by atoms with E-state index in [2.05, 4.69) is 0 Å². The van der Waals surface area contributed by atoms with E-state index in [1.165, 1.54) is 20.8 Å². The van der Waals surface area contributed by atoms with Gasteiger partial charge in [-0.2, -0.15) is 0 Å². The van der Waals surface area contributed by atoms with E-state index < -0.39 is 11.8 Å². The van der Waals surface area contributed by atoms with Gasteiger partial charge in [0.1, 0.15) is 5.78 Å². The Morgan fingerprint density at radius 3 is 1.13 bits per heavy atom. The van der Waals surface area contributed by atoms with Crippen LogP contribution in [0.25, 0.3) is 0 Å². The van der Waals surface area contributed by atoms with Gasteiger partial charge in [-0.15, -0.1) is 0 Å². The van der Waals surface area contributed by atoms with Crippen molar-refractivity contribution in [2.45, 2.75) is 50.5 Å². The summed E-state index contributed by atoms with van der Waals surface area (Å²) in [5, 5.41) is 0. The zero-order valence-corrected chi connectivity index (χ0v) is 6.88. The first-order valence-corrected chi connectivity index (χ1v) is 3.23. The highest BCUT2D eigenvalue weighted by molar-refractivity contribution is 5.96. The van der Waals surface area contributed by atoms with E-state index >= 15 is 0 Å². The molecule has 0 fully saturated rings. The normalized spacial score (nSPS) is 6.60. The molecule has 0 unspecified atom stereocenters. The Kier molecular flexibility index (Phi) is 24.9. The number of nitrogens with zero attached hydrogens (tertiary/aromatic N) is 1. The van der Waals surface area contributed by atoms with Crippen LogP contribution in [0.1, 0.15) is 50.5 Å². The summed E-state index contributed by atoms with van der Waals surface area (Å²) in [6.45, 7) is 3.72. The van der Waals surface area contributed by atoms with Crippen LogP contribution >= 0.6 is 0 Å². The van der Waals surface area contributed by atoms with Gasteiger partial charge in [-0.3, -0.25) is 19.3 Å². The third-order valence-corrected chi connectivity index (χ3v) is 1.14. The van der Waals surface area contributed by atoms with Gasteiger partial charge in [0.05, 0.1) is 6.54 Å². The van der Waals surface area contributed by atoms with Crippen molar-refractivity contribution in [2.24, 2.45) is 0 Å². The average molecular weight is 221 g/mol. The molecule has 0 N–H and O–H groups in total. The number of ketones is 1. The number of carbonyl (C=O) groups excluding carboxylic acids is 3. The predicted molar refractivity (Wildman–Crippen MR) is 65.7 cm³/mol. The summed E-state index contributed by atoms with van der Waals surface area (Å²) < 4.78 is 0. The van der Waals surface area contributed by atoms with Crippen LogP contribution in [0.3, 0.4) is 0 Å². The van der Waals surface area contributed by atoms with Crippen LogP contribution in [-0.4, -0.2) is 29.0 Å². The highest BCUT2D eigenvalue weighted by Crippen LogP contribution is 1.90. The van der Waals surface area contributed by atoms with Gasteiger partial charge in [0.2, 0.25) is 11.8 Å². The molecule has 4 nitrogen and oxygen atoms in total. The Balaban J connectivity index is -0.0000000833. The van der Waals surface area contributed by atoms with Crippen molar-refractivity contribution in [3.8, 4) is 0 Å². The fourth-order valence-corrected chi connectivity index (χ4v) is 0.667. The summed E-state index contributed by atoms with van der Waals surface area (Å²) in [7, 11) is 0. The molecule has 0 bridgehead atoms. The van der Waals surface area contributed by atoms with Crippen LogP contribution in [0, 0.1) is 0 Å². The van der Waals surface area contributed by atoms with Crippen LogP contribution in [-0.2, 0) is 14.4 Å². The zero-order valence-electron chi connectivity index (χ0n) is 6.88. The molecule has 2 amide bonds. The number of amides is 2. The Hall–Kier alpha value is -1.19. The second-order valence-corrected chi connectivity index (χ2v) is 2.33. The fraction of sp³-hybridized carbons (Fsp3) is 0.727. The quantitative estimate of drug-likeness (QED) is 0.720. The lowest BCUT2D eigenvalue weighted by Crippen LogP contribution is -2.36. The summed E-state index contributed by atoms with van der Waals surface area (Å²) >= 11 is 0. The van der Waals surface area contributed by atoms with E-state index in [-0.39, 0.29) is 42.0 Å². The number of carbonyl (C=O) groups is 3. The first kappa shape index (κ1) is 29.2. The summed E-state index contributed by atoms with van der Waals surface area (Å²) in [5.41, 5.74) is 0. The number of imide groups is 1. The molecule has 4 heteroatoms. The van der Waals surface area contributed by atoms with Crippen LogP contribution in [0.2, 0.25) is 0 Å². The third-order valence-electron chi connectivity index (χ3n) is 1.14. The monoisotopic (exact) mass is 221 g/mol.